The molecule has 2 aromatic rings. The number of hydrogen-bond donors (Lipinski definition) is 1. The first-order valence-corrected chi connectivity index (χ1v) is 7.91. The van der Waals surface area contributed by atoms with Crippen LogP contribution in [0.2, 0.25) is 5.02 Å². The Morgan fingerprint density at radius 1 is 1.37 bits per heavy atom. The first kappa shape index (κ1) is 13.2. The predicted octanol–water partition coefficient (Wildman–Crippen LogP) is 4.81. The second-order valence-corrected chi connectivity index (χ2v) is 7.17. The van der Waals surface area contributed by atoms with Crippen molar-refractivity contribution in [2.45, 2.75) is 32.9 Å². The summed E-state index contributed by atoms with van der Waals surface area (Å²) >= 11 is 7.90. The van der Waals surface area contributed by atoms with E-state index < -0.39 is 0 Å². The average Bonchev–Trinajstić information content (AvgIpc) is 2.92. The monoisotopic (exact) mass is 291 g/mol. The van der Waals surface area contributed by atoms with Crippen LogP contribution in [-0.4, -0.2) is 0 Å². The highest BCUT2D eigenvalue weighted by Crippen LogP contribution is 2.45. The summed E-state index contributed by atoms with van der Waals surface area (Å²) in [7, 11) is 0. The van der Waals surface area contributed by atoms with Gasteiger partial charge in [0.05, 0.1) is 0 Å². The standard InChI is InChI=1S/C16H18ClNS/c1-16(2)8-12-3-4-13(17)7-14(12)15(16)18-9-11-5-6-19-10-11/h3-7,10,15,18H,8-9H2,1-2H3. The molecule has 0 amide bonds. The molecule has 1 unspecified atom stereocenters. The molecule has 1 nitrogen and oxygen atoms in total. The largest absolute Gasteiger partial charge is 0.305 e. The molecule has 19 heavy (non-hydrogen) atoms. The molecule has 1 heterocycles. The summed E-state index contributed by atoms with van der Waals surface area (Å²) in [5.74, 6) is 0. The van der Waals surface area contributed by atoms with Crippen molar-refractivity contribution >= 4 is 22.9 Å². The quantitative estimate of drug-likeness (QED) is 0.855. The van der Waals surface area contributed by atoms with Gasteiger partial charge >= 0.3 is 0 Å². The molecule has 1 aromatic carbocycles. The van der Waals surface area contributed by atoms with E-state index in [0.29, 0.717) is 6.04 Å². The molecular formula is C16H18ClNS. The summed E-state index contributed by atoms with van der Waals surface area (Å²) in [5, 5.41) is 8.87. The SMILES string of the molecule is CC1(C)Cc2ccc(Cl)cc2C1NCc1ccsc1. The highest BCUT2D eigenvalue weighted by atomic mass is 35.5. The first-order chi connectivity index (χ1) is 9.06. The Balaban J connectivity index is 1.85. The van der Waals surface area contributed by atoms with Gasteiger partial charge in [-0.3, -0.25) is 0 Å². The van der Waals surface area contributed by atoms with E-state index in [-0.39, 0.29) is 5.41 Å². The van der Waals surface area contributed by atoms with Crippen molar-refractivity contribution in [1.82, 2.24) is 5.32 Å². The van der Waals surface area contributed by atoms with Crippen LogP contribution in [0.15, 0.2) is 35.0 Å². The van der Waals surface area contributed by atoms with Gasteiger partial charge in [-0.2, -0.15) is 11.3 Å². The van der Waals surface area contributed by atoms with Crippen LogP contribution in [0.4, 0.5) is 0 Å². The number of hydrogen-bond acceptors (Lipinski definition) is 2. The summed E-state index contributed by atoms with van der Waals surface area (Å²) < 4.78 is 0. The summed E-state index contributed by atoms with van der Waals surface area (Å²) in [6, 6.07) is 8.85. The lowest BCUT2D eigenvalue weighted by molar-refractivity contribution is 0.268. The Hall–Kier alpha value is -0.830. The average molecular weight is 292 g/mol. The van der Waals surface area contributed by atoms with Crippen LogP contribution in [0.1, 0.15) is 36.6 Å². The molecule has 0 aliphatic heterocycles. The van der Waals surface area contributed by atoms with E-state index in [1.54, 1.807) is 11.3 Å². The van der Waals surface area contributed by atoms with Crippen molar-refractivity contribution in [3.63, 3.8) is 0 Å². The Morgan fingerprint density at radius 3 is 2.95 bits per heavy atom. The van der Waals surface area contributed by atoms with E-state index in [9.17, 15) is 0 Å². The third-order valence-corrected chi connectivity index (χ3v) is 4.90. The zero-order valence-corrected chi connectivity index (χ0v) is 12.8. The second kappa shape index (κ2) is 4.93. The molecule has 1 aliphatic carbocycles. The molecule has 100 valence electrons. The number of benzene rings is 1. The van der Waals surface area contributed by atoms with Crippen molar-refractivity contribution in [2.75, 3.05) is 0 Å². The van der Waals surface area contributed by atoms with E-state index in [4.69, 9.17) is 11.6 Å². The van der Waals surface area contributed by atoms with Crippen molar-refractivity contribution in [2.24, 2.45) is 5.41 Å². The van der Waals surface area contributed by atoms with Crippen LogP contribution in [0.3, 0.4) is 0 Å². The molecule has 0 fully saturated rings. The molecule has 0 bridgehead atoms. The van der Waals surface area contributed by atoms with Crippen LogP contribution < -0.4 is 5.32 Å². The molecule has 0 saturated heterocycles. The maximum Gasteiger partial charge on any atom is 0.0409 e. The van der Waals surface area contributed by atoms with Crippen LogP contribution in [0.25, 0.3) is 0 Å². The van der Waals surface area contributed by atoms with Gasteiger partial charge in [0.25, 0.3) is 0 Å². The van der Waals surface area contributed by atoms with E-state index in [1.165, 1.54) is 16.7 Å². The van der Waals surface area contributed by atoms with Gasteiger partial charge in [-0.1, -0.05) is 31.5 Å². The summed E-state index contributed by atoms with van der Waals surface area (Å²) in [6.07, 6.45) is 1.11. The van der Waals surface area contributed by atoms with E-state index >= 15 is 0 Å². The molecule has 3 rings (SSSR count). The normalized spacial score (nSPS) is 20.5. The number of rotatable bonds is 3. The molecule has 0 spiro atoms. The second-order valence-electron chi connectivity index (χ2n) is 5.95. The highest BCUT2D eigenvalue weighted by Gasteiger charge is 2.38. The minimum absolute atomic E-state index is 0.239. The van der Waals surface area contributed by atoms with Crippen LogP contribution in [0, 0.1) is 5.41 Å². The molecular weight excluding hydrogens is 274 g/mol. The van der Waals surface area contributed by atoms with Gasteiger partial charge in [0, 0.05) is 17.6 Å². The number of halogens is 1. The van der Waals surface area contributed by atoms with Crippen molar-refractivity contribution in [3.8, 4) is 0 Å². The maximum absolute atomic E-state index is 6.16. The fraction of sp³-hybridized carbons (Fsp3) is 0.375. The van der Waals surface area contributed by atoms with Gasteiger partial charge in [-0.25, -0.2) is 0 Å². The van der Waals surface area contributed by atoms with Crippen molar-refractivity contribution in [1.29, 1.82) is 0 Å². The molecule has 3 heteroatoms. The minimum atomic E-state index is 0.239. The lowest BCUT2D eigenvalue weighted by Gasteiger charge is -2.28. The fourth-order valence-corrected chi connectivity index (χ4v) is 3.86. The fourth-order valence-electron chi connectivity index (χ4n) is 3.01. The lowest BCUT2D eigenvalue weighted by atomic mass is 9.85. The summed E-state index contributed by atoms with van der Waals surface area (Å²) in [4.78, 5) is 0. The Bertz CT molecular complexity index is 574. The van der Waals surface area contributed by atoms with E-state index in [2.05, 4.69) is 48.1 Å². The lowest BCUT2D eigenvalue weighted by Crippen LogP contribution is -2.30. The molecule has 0 radical (unpaired) electrons. The van der Waals surface area contributed by atoms with Gasteiger partial charge < -0.3 is 5.32 Å². The van der Waals surface area contributed by atoms with Gasteiger partial charge in [0.1, 0.15) is 0 Å². The number of thiophene rings is 1. The highest BCUT2D eigenvalue weighted by molar-refractivity contribution is 7.07. The number of fused-ring (bicyclic) bond motifs is 1. The molecule has 0 saturated carbocycles. The summed E-state index contributed by atoms with van der Waals surface area (Å²) in [6.45, 7) is 5.57. The Kier molecular flexibility index (Phi) is 3.42. The zero-order chi connectivity index (χ0) is 13.5. The van der Waals surface area contributed by atoms with Gasteiger partial charge in [0.2, 0.25) is 0 Å². The van der Waals surface area contributed by atoms with E-state index in [0.717, 1.165) is 18.0 Å². The molecule has 1 aliphatic rings. The zero-order valence-electron chi connectivity index (χ0n) is 11.2. The topological polar surface area (TPSA) is 12.0 Å². The van der Waals surface area contributed by atoms with Crippen molar-refractivity contribution in [3.05, 3.63) is 56.7 Å². The number of nitrogens with one attached hydrogen (secondary N) is 1. The Labute approximate surface area is 123 Å². The minimum Gasteiger partial charge on any atom is -0.305 e. The Morgan fingerprint density at radius 2 is 2.21 bits per heavy atom. The van der Waals surface area contributed by atoms with Crippen LogP contribution >= 0.6 is 22.9 Å². The molecule has 1 atom stereocenters. The third-order valence-electron chi connectivity index (χ3n) is 3.94. The molecule has 1 N–H and O–H groups in total. The molecule has 1 aromatic heterocycles. The maximum atomic E-state index is 6.16. The van der Waals surface area contributed by atoms with Gasteiger partial charge in [-0.05, 0) is 57.5 Å². The van der Waals surface area contributed by atoms with Crippen molar-refractivity contribution < 1.29 is 0 Å². The smallest absolute Gasteiger partial charge is 0.0409 e. The van der Waals surface area contributed by atoms with Gasteiger partial charge in [0.15, 0.2) is 0 Å². The van der Waals surface area contributed by atoms with Crippen LogP contribution in [0.5, 0.6) is 0 Å². The van der Waals surface area contributed by atoms with Crippen LogP contribution in [-0.2, 0) is 13.0 Å². The van der Waals surface area contributed by atoms with E-state index in [1.807, 2.05) is 6.07 Å². The first-order valence-electron chi connectivity index (χ1n) is 6.59. The summed E-state index contributed by atoms with van der Waals surface area (Å²) in [5.41, 5.74) is 4.39. The predicted molar refractivity (Wildman–Crippen MR) is 82.8 cm³/mol. The van der Waals surface area contributed by atoms with Gasteiger partial charge in [-0.15, -0.1) is 0 Å². The third kappa shape index (κ3) is 2.58.